The molecular weight excluding hydrogens is 346 g/mol. The fourth-order valence-corrected chi connectivity index (χ4v) is 2.63. The molecule has 6 nitrogen and oxygen atoms in total. The molecule has 108 valence electrons. The SMILES string of the molecule is Brc1ccccc1Cc1nc(-c2ccn3cnnc3c2)no1. The number of pyridine rings is 1. The summed E-state index contributed by atoms with van der Waals surface area (Å²) >= 11 is 3.52. The van der Waals surface area contributed by atoms with E-state index < -0.39 is 0 Å². The fraction of sp³-hybridized carbons (Fsp3) is 0.0667. The van der Waals surface area contributed by atoms with Crippen molar-refractivity contribution < 1.29 is 4.52 Å². The molecule has 0 amide bonds. The first-order chi connectivity index (χ1) is 10.8. The molecular formula is C15H10BrN5O. The molecule has 3 heterocycles. The summed E-state index contributed by atoms with van der Waals surface area (Å²) in [6.07, 6.45) is 4.10. The Balaban J connectivity index is 1.64. The summed E-state index contributed by atoms with van der Waals surface area (Å²) in [5, 5.41) is 11.9. The summed E-state index contributed by atoms with van der Waals surface area (Å²) < 4.78 is 8.20. The van der Waals surface area contributed by atoms with E-state index in [0.717, 1.165) is 21.2 Å². The second kappa shape index (κ2) is 5.34. The van der Waals surface area contributed by atoms with Gasteiger partial charge in [0.15, 0.2) is 5.65 Å². The molecule has 0 aliphatic heterocycles. The van der Waals surface area contributed by atoms with Crippen molar-refractivity contribution in [1.82, 2.24) is 24.7 Å². The number of hydrogen-bond acceptors (Lipinski definition) is 5. The Kier molecular flexibility index (Phi) is 3.19. The third-order valence-electron chi connectivity index (χ3n) is 3.33. The molecule has 3 aromatic heterocycles. The maximum atomic E-state index is 5.35. The van der Waals surface area contributed by atoms with E-state index in [4.69, 9.17) is 4.52 Å². The van der Waals surface area contributed by atoms with Crippen LogP contribution in [0.5, 0.6) is 0 Å². The molecule has 0 saturated carbocycles. The minimum absolute atomic E-state index is 0.549. The van der Waals surface area contributed by atoms with Gasteiger partial charge in [0.1, 0.15) is 6.33 Å². The van der Waals surface area contributed by atoms with Gasteiger partial charge in [-0.2, -0.15) is 4.98 Å². The Morgan fingerprint density at radius 3 is 3.00 bits per heavy atom. The Morgan fingerprint density at radius 2 is 2.09 bits per heavy atom. The molecule has 0 radical (unpaired) electrons. The molecule has 0 bridgehead atoms. The maximum Gasteiger partial charge on any atom is 0.231 e. The first-order valence-corrected chi connectivity index (χ1v) is 7.45. The minimum atomic E-state index is 0.549. The first-order valence-electron chi connectivity index (χ1n) is 6.65. The highest BCUT2D eigenvalue weighted by atomic mass is 79.9. The summed E-state index contributed by atoms with van der Waals surface area (Å²) in [7, 11) is 0. The van der Waals surface area contributed by atoms with Gasteiger partial charge in [-0.25, -0.2) is 0 Å². The zero-order chi connectivity index (χ0) is 14.9. The van der Waals surface area contributed by atoms with Gasteiger partial charge < -0.3 is 4.52 Å². The van der Waals surface area contributed by atoms with E-state index in [1.54, 1.807) is 6.33 Å². The van der Waals surface area contributed by atoms with Crippen LogP contribution in [-0.4, -0.2) is 24.7 Å². The van der Waals surface area contributed by atoms with E-state index in [1.165, 1.54) is 0 Å². The molecule has 0 unspecified atom stereocenters. The van der Waals surface area contributed by atoms with Crippen LogP contribution in [0, 0.1) is 0 Å². The second-order valence-electron chi connectivity index (χ2n) is 4.79. The van der Waals surface area contributed by atoms with Crippen LogP contribution in [0.3, 0.4) is 0 Å². The molecule has 0 spiro atoms. The average molecular weight is 356 g/mol. The molecule has 4 aromatic rings. The summed E-state index contributed by atoms with van der Waals surface area (Å²) in [4.78, 5) is 4.45. The standard InChI is InChI=1S/C15H10BrN5O/c16-12-4-2-1-3-10(12)8-14-18-15(20-22-14)11-5-6-21-9-17-19-13(21)7-11/h1-7,9H,8H2. The molecule has 1 aromatic carbocycles. The van der Waals surface area contributed by atoms with Gasteiger partial charge in [-0.3, -0.25) is 4.40 Å². The topological polar surface area (TPSA) is 69.1 Å². The lowest BCUT2D eigenvalue weighted by Gasteiger charge is -1.99. The van der Waals surface area contributed by atoms with E-state index in [2.05, 4.69) is 36.3 Å². The van der Waals surface area contributed by atoms with E-state index in [0.29, 0.717) is 18.1 Å². The second-order valence-corrected chi connectivity index (χ2v) is 5.65. The zero-order valence-electron chi connectivity index (χ0n) is 11.3. The van der Waals surface area contributed by atoms with Crippen LogP contribution in [0.4, 0.5) is 0 Å². The molecule has 0 fully saturated rings. The molecule has 4 rings (SSSR count). The number of benzene rings is 1. The van der Waals surface area contributed by atoms with Crippen molar-refractivity contribution in [3.05, 3.63) is 64.8 Å². The lowest BCUT2D eigenvalue weighted by Crippen LogP contribution is -1.90. The van der Waals surface area contributed by atoms with Crippen LogP contribution < -0.4 is 0 Å². The zero-order valence-corrected chi connectivity index (χ0v) is 12.9. The molecule has 0 aliphatic rings. The number of hydrogen-bond donors (Lipinski definition) is 0. The van der Waals surface area contributed by atoms with E-state index in [-0.39, 0.29) is 0 Å². The van der Waals surface area contributed by atoms with Crippen LogP contribution in [0.25, 0.3) is 17.0 Å². The van der Waals surface area contributed by atoms with Crippen LogP contribution in [0.2, 0.25) is 0 Å². The minimum Gasteiger partial charge on any atom is -0.339 e. The lowest BCUT2D eigenvalue weighted by molar-refractivity contribution is 0.385. The maximum absolute atomic E-state index is 5.35. The normalized spacial score (nSPS) is 11.1. The Bertz CT molecular complexity index is 946. The van der Waals surface area contributed by atoms with Gasteiger partial charge >= 0.3 is 0 Å². The number of aromatic nitrogens is 5. The number of halogens is 1. The highest BCUT2D eigenvalue weighted by Gasteiger charge is 2.11. The monoisotopic (exact) mass is 355 g/mol. The first kappa shape index (κ1) is 13.1. The molecule has 7 heteroatoms. The molecule has 0 saturated heterocycles. The van der Waals surface area contributed by atoms with E-state index in [9.17, 15) is 0 Å². The van der Waals surface area contributed by atoms with Crippen molar-refractivity contribution in [3.63, 3.8) is 0 Å². The van der Waals surface area contributed by atoms with Crippen LogP contribution in [0.15, 0.2) is 57.9 Å². The van der Waals surface area contributed by atoms with Gasteiger partial charge in [0, 0.05) is 16.2 Å². The third-order valence-corrected chi connectivity index (χ3v) is 4.10. The van der Waals surface area contributed by atoms with Gasteiger partial charge in [-0.15, -0.1) is 10.2 Å². The largest absolute Gasteiger partial charge is 0.339 e. The fourth-order valence-electron chi connectivity index (χ4n) is 2.21. The Hall–Kier alpha value is -2.54. The summed E-state index contributed by atoms with van der Waals surface area (Å²) in [6.45, 7) is 0. The van der Waals surface area contributed by atoms with E-state index in [1.807, 2.05) is 47.0 Å². The van der Waals surface area contributed by atoms with E-state index >= 15 is 0 Å². The van der Waals surface area contributed by atoms with Gasteiger partial charge in [0.2, 0.25) is 11.7 Å². The van der Waals surface area contributed by atoms with Crippen molar-refractivity contribution in [3.8, 4) is 11.4 Å². The number of rotatable bonds is 3. The summed E-state index contributed by atoms with van der Waals surface area (Å²) in [6, 6.07) is 11.8. The van der Waals surface area contributed by atoms with Crippen LogP contribution in [0.1, 0.15) is 11.5 Å². The predicted octanol–water partition coefficient (Wildman–Crippen LogP) is 3.13. The van der Waals surface area contributed by atoms with Crippen molar-refractivity contribution >= 4 is 21.6 Å². The molecule has 22 heavy (non-hydrogen) atoms. The summed E-state index contributed by atoms with van der Waals surface area (Å²) in [5.74, 6) is 1.12. The highest BCUT2D eigenvalue weighted by molar-refractivity contribution is 9.10. The molecule has 0 aliphatic carbocycles. The quantitative estimate of drug-likeness (QED) is 0.564. The van der Waals surface area contributed by atoms with Gasteiger partial charge in [-0.05, 0) is 23.8 Å². The van der Waals surface area contributed by atoms with Crippen molar-refractivity contribution in [2.24, 2.45) is 0 Å². The van der Waals surface area contributed by atoms with Crippen molar-refractivity contribution in [2.75, 3.05) is 0 Å². The predicted molar refractivity (Wildman–Crippen MR) is 83.2 cm³/mol. The highest BCUT2D eigenvalue weighted by Crippen LogP contribution is 2.21. The molecule has 0 N–H and O–H groups in total. The van der Waals surface area contributed by atoms with Gasteiger partial charge in [0.05, 0.1) is 6.42 Å². The lowest BCUT2D eigenvalue weighted by atomic mass is 10.1. The number of nitrogens with zero attached hydrogens (tertiary/aromatic N) is 5. The third kappa shape index (κ3) is 2.39. The van der Waals surface area contributed by atoms with Crippen LogP contribution in [-0.2, 0) is 6.42 Å². The smallest absolute Gasteiger partial charge is 0.231 e. The summed E-state index contributed by atoms with van der Waals surface area (Å²) in [5.41, 5.74) is 2.70. The van der Waals surface area contributed by atoms with Crippen molar-refractivity contribution in [2.45, 2.75) is 6.42 Å². The van der Waals surface area contributed by atoms with Crippen molar-refractivity contribution in [1.29, 1.82) is 0 Å². The molecule has 0 atom stereocenters. The van der Waals surface area contributed by atoms with Gasteiger partial charge in [0.25, 0.3) is 0 Å². The average Bonchev–Trinajstić information content (AvgIpc) is 3.17. The number of fused-ring (bicyclic) bond motifs is 1. The Morgan fingerprint density at radius 1 is 1.18 bits per heavy atom. The Labute approximate surface area is 133 Å². The van der Waals surface area contributed by atoms with Gasteiger partial charge in [-0.1, -0.05) is 39.3 Å². The van der Waals surface area contributed by atoms with Crippen LogP contribution >= 0.6 is 15.9 Å².